The number of anilines is 2. The number of nitrogens with zero attached hydrogens (tertiary/aromatic N) is 3. The summed E-state index contributed by atoms with van der Waals surface area (Å²) in [6.07, 6.45) is 4.05. The van der Waals surface area contributed by atoms with Crippen LogP contribution in [0.5, 0.6) is 0 Å². The number of ether oxygens (including phenoxy) is 1. The fourth-order valence-corrected chi connectivity index (χ4v) is 2.67. The average molecular weight is 306 g/mol. The summed E-state index contributed by atoms with van der Waals surface area (Å²) in [4.78, 5) is 20.4. The summed E-state index contributed by atoms with van der Waals surface area (Å²) >= 11 is 0. The summed E-state index contributed by atoms with van der Waals surface area (Å²) < 4.78 is 5.51. The third kappa shape index (κ3) is 3.81. The molecule has 0 saturated carbocycles. The lowest BCUT2D eigenvalue weighted by atomic mass is 10.1. The van der Waals surface area contributed by atoms with Crippen LogP contribution in [0.15, 0.2) is 18.5 Å². The quantitative estimate of drug-likeness (QED) is 0.909. The smallest absolute Gasteiger partial charge is 0.410 e. The minimum Gasteiger partial charge on any atom is -0.444 e. The topological polar surface area (TPSA) is 71.7 Å². The van der Waals surface area contributed by atoms with Crippen LogP contribution in [0.1, 0.15) is 34.1 Å². The molecule has 122 valence electrons. The van der Waals surface area contributed by atoms with Crippen LogP contribution in [0.25, 0.3) is 0 Å². The lowest BCUT2D eigenvalue weighted by Crippen LogP contribution is -2.56. The molecule has 1 atom stereocenters. The number of rotatable bonds is 2. The van der Waals surface area contributed by atoms with Gasteiger partial charge in [0.2, 0.25) is 0 Å². The van der Waals surface area contributed by atoms with Crippen molar-refractivity contribution in [1.82, 2.24) is 9.88 Å². The molecule has 0 spiro atoms. The van der Waals surface area contributed by atoms with E-state index in [2.05, 4.69) is 16.8 Å². The first kappa shape index (κ1) is 16.4. The standard InChI is InChI=1S/C16H26N4O2/c1-5-12-11-19(14-6-7-18-10-13(14)17)8-9-20(12)15(21)22-16(2,3)4/h6-7,10,12H,5,8-9,11,17H2,1-4H3. The molecule has 0 aliphatic carbocycles. The summed E-state index contributed by atoms with van der Waals surface area (Å²) in [6.45, 7) is 9.88. The summed E-state index contributed by atoms with van der Waals surface area (Å²) in [5.74, 6) is 0. The van der Waals surface area contributed by atoms with Gasteiger partial charge in [-0.15, -0.1) is 0 Å². The van der Waals surface area contributed by atoms with Gasteiger partial charge >= 0.3 is 6.09 Å². The van der Waals surface area contributed by atoms with E-state index in [9.17, 15) is 4.79 Å². The van der Waals surface area contributed by atoms with Crippen LogP contribution in [-0.2, 0) is 4.74 Å². The van der Waals surface area contributed by atoms with Crippen molar-refractivity contribution in [2.75, 3.05) is 30.3 Å². The van der Waals surface area contributed by atoms with E-state index in [1.165, 1.54) is 0 Å². The molecule has 0 bridgehead atoms. The highest BCUT2D eigenvalue weighted by Crippen LogP contribution is 2.26. The Kier molecular flexibility index (Phi) is 4.78. The highest BCUT2D eigenvalue weighted by Gasteiger charge is 2.32. The van der Waals surface area contributed by atoms with Crippen molar-refractivity contribution < 1.29 is 9.53 Å². The van der Waals surface area contributed by atoms with Gasteiger partial charge in [-0.3, -0.25) is 4.98 Å². The molecule has 1 saturated heterocycles. The first-order valence-corrected chi connectivity index (χ1v) is 7.76. The molecule has 2 heterocycles. The number of hydrogen-bond acceptors (Lipinski definition) is 5. The van der Waals surface area contributed by atoms with Crippen LogP contribution in [0.2, 0.25) is 0 Å². The average Bonchev–Trinajstić information content (AvgIpc) is 2.45. The van der Waals surface area contributed by atoms with E-state index in [1.807, 2.05) is 31.7 Å². The number of pyridine rings is 1. The highest BCUT2D eigenvalue weighted by atomic mass is 16.6. The zero-order valence-corrected chi connectivity index (χ0v) is 13.9. The third-order valence-electron chi connectivity index (χ3n) is 3.75. The van der Waals surface area contributed by atoms with Crippen LogP contribution in [0.3, 0.4) is 0 Å². The molecule has 1 aliphatic heterocycles. The summed E-state index contributed by atoms with van der Waals surface area (Å²) in [7, 11) is 0. The number of nitrogen functional groups attached to an aromatic ring is 1. The predicted octanol–water partition coefficient (Wildman–Crippen LogP) is 2.50. The van der Waals surface area contributed by atoms with Gasteiger partial charge in [0.1, 0.15) is 5.60 Å². The molecule has 0 aromatic carbocycles. The second-order valence-electron chi connectivity index (χ2n) is 6.62. The molecule has 1 aromatic heterocycles. The maximum absolute atomic E-state index is 12.3. The van der Waals surface area contributed by atoms with Gasteiger partial charge in [-0.05, 0) is 33.3 Å². The molecule has 1 aromatic rings. The van der Waals surface area contributed by atoms with E-state index in [4.69, 9.17) is 10.5 Å². The van der Waals surface area contributed by atoms with Crippen LogP contribution < -0.4 is 10.6 Å². The SMILES string of the molecule is CCC1CN(c2ccncc2N)CCN1C(=O)OC(C)(C)C. The number of amides is 1. The number of piperazine rings is 1. The van der Waals surface area contributed by atoms with Gasteiger partial charge in [0.15, 0.2) is 0 Å². The van der Waals surface area contributed by atoms with Crippen LogP contribution in [0.4, 0.5) is 16.2 Å². The fourth-order valence-electron chi connectivity index (χ4n) is 2.67. The number of carbonyl (C=O) groups is 1. The summed E-state index contributed by atoms with van der Waals surface area (Å²) in [5, 5.41) is 0. The Morgan fingerprint density at radius 1 is 1.45 bits per heavy atom. The number of hydrogen-bond donors (Lipinski definition) is 1. The second-order valence-corrected chi connectivity index (χ2v) is 6.62. The lowest BCUT2D eigenvalue weighted by Gasteiger charge is -2.42. The molecule has 2 N–H and O–H groups in total. The number of nitrogens with two attached hydrogens (primary N) is 1. The molecule has 1 fully saturated rings. The first-order valence-electron chi connectivity index (χ1n) is 7.76. The van der Waals surface area contributed by atoms with Crippen molar-refractivity contribution >= 4 is 17.5 Å². The minimum absolute atomic E-state index is 0.121. The Morgan fingerprint density at radius 2 is 2.18 bits per heavy atom. The molecule has 22 heavy (non-hydrogen) atoms. The Hall–Kier alpha value is -1.98. The van der Waals surface area contributed by atoms with E-state index < -0.39 is 5.60 Å². The van der Waals surface area contributed by atoms with Gasteiger partial charge in [-0.25, -0.2) is 4.79 Å². The van der Waals surface area contributed by atoms with E-state index in [-0.39, 0.29) is 12.1 Å². The molecular weight excluding hydrogens is 280 g/mol. The molecule has 0 radical (unpaired) electrons. The van der Waals surface area contributed by atoms with E-state index in [1.54, 1.807) is 12.4 Å². The predicted molar refractivity (Wildman–Crippen MR) is 87.9 cm³/mol. The van der Waals surface area contributed by atoms with Gasteiger partial charge < -0.3 is 20.3 Å². The molecule has 1 unspecified atom stereocenters. The maximum Gasteiger partial charge on any atom is 0.410 e. The van der Waals surface area contributed by atoms with Crippen molar-refractivity contribution in [2.45, 2.75) is 45.8 Å². The maximum atomic E-state index is 12.3. The highest BCUT2D eigenvalue weighted by molar-refractivity contribution is 5.70. The van der Waals surface area contributed by atoms with Crippen molar-refractivity contribution in [3.05, 3.63) is 18.5 Å². The zero-order chi connectivity index (χ0) is 16.3. The van der Waals surface area contributed by atoms with Crippen LogP contribution in [-0.4, -0.2) is 47.3 Å². The Bertz CT molecular complexity index is 527. The fraction of sp³-hybridized carbons (Fsp3) is 0.625. The third-order valence-corrected chi connectivity index (χ3v) is 3.75. The zero-order valence-electron chi connectivity index (χ0n) is 13.9. The van der Waals surface area contributed by atoms with Gasteiger partial charge in [0, 0.05) is 25.8 Å². The molecular formula is C16H26N4O2. The normalized spacial score (nSPS) is 19.2. The molecule has 2 rings (SSSR count). The summed E-state index contributed by atoms with van der Waals surface area (Å²) in [5.41, 5.74) is 7.19. The van der Waals surface area contributed by atoms with Gasteiger partial charge in [-0.2, -0.15) is 0 Å². The minimum atomic E-state index is -0.470. The van der Waals surface area contributed by atoms with Crippen molar-refractivity contribution in [3.63, 3.8) is 0 Å². The Morgan fingerprint density at radius 3 is 2.77 bits per heavy atom. The second kappa shape index (κ2) is 6.42. The molecule has 1 aliphatic rings. The molecule has 6 nitrogen and oxygen atoms in total. The monoisotopic (exact) mass is 306 g/mol. The van der Waals surface area contributed by atoms with Gasteiger partial charge in [0.25, 0.3) is 0 Å². The van der Waals surface area contributed by atoms with Gasteiger partial charge in [0.05, 0.1) is 23.6 Å². The molecule has 6 heteroatoms. The van der Waals surface area contributed by atoms with Crippen LogP contribution in [0, 0.1) is 0 Å². The first-order chi connectivity index (χ1) is 10.3. The molecule has 1 amide bonds. The van der Waals surface area contributed by atoms with E-state index in [0.29, 0.717) is 12.2 Å². The van der Waals surface area contributed by atoms with Crippen molar-refractivity contribution in [3.8, 4) is 0 Å². The van der Waals surface area contributed by atoms with E-state index >= 15 is 0 Å². The van der Waals surface area contributed by atoms with Crippen LogP contribution >= 0.6 is 0 Å². The van der Waals surface area contributed by atoms with Crippen molar-refractivity contribution in [1.29, 1.82) is 0 Å². The van der Waals surface area contributed by atoms with E-state index in [0.717, 1.165) is 25.2 Å². The lowest BCUT2D eigenvalue weighted by molar-refractivity contribution is 0.0137. The Balaban J connectivity index is 2.09. The largest absolute Gasteiger partial charge is 0.444 e. The summed E-state index contributed by atoms with van der Waals surface area (Å²) in [6, 6.07) is 2.04. The Labute approximate surface area is 132 Å². The number of carbonyl (C=O) groups excluding carboxylic acids is 1. The number of aromatic nitrogens is 1. The van der Waals surface area contributed by atoms with Gasteiger partial charge in [-0.1, -0.05) is 6.92 Å². The van der Waals surface area contributed by atoms with Crippen molar-refractivity contribution in [2.24, 2.45) is 0 Å².